The molecule has 4 heterocycles. The molecule has 11 heteroatoms. The van der Waals surface area contributed by atoms with Crippen LogP contribution >= 0.6 is 0 Å². The van der Waals surface area contributed by atoms with Gasteiger partial charge in [0.2, 0.25) is 5.95 Å². The molecule has 2 amide bonds. The molecular weight excluding hydrogens is 444 g/mol. The number of pyridine rings is 1. The number of para-hydroxylation sites is 1. The van der Waals surface area contributed by atoms with Crippen molar-refractivity contribution in [2.75, 3.05) is 36.4 Å². The van der Waals surface area contributed by atoms with Crippen LogP contribution in [0.1, 0.15) is 37.8 Å². The van der Waals surface area contributed by atoms with Crippen molar-refractivity contribution in [1.82, 2.24) is 30.4 Å². The summed E-state index contributed by atoms with van der Waals surface area (Å²) < 4.78 is 0. The van der Waals surface area contributed by atoms with Gasteiger partial charge in [-0.05, 0) is 44.2 Å². The highest BCUT2D eigenvalue weighted by atomic mass is 16.2. The molecule has 11 nitrogen and oxygen atoms in total. The zero-order chi connectivity index (χ0) is 24.2. The fourth-order valence-corrected chi connectivity index (χ4v) is 4.64. The van der Waals surface area contributed by atoms with Crippen LogP contribution in [0.25, 0.3) is 10.9 Å². The summed E-state index contributed by atoms with van der Waals surface area (Å²) in [5.74, 6) is 0.556. The summed E-state index contributed by atoms with van der Waals surface area (Å²) in [4.78, 5) is 25.7. The Bertz CT molecular complexity index is 1230. The van der Waals surface area contributed by atoms with Crippen molar-refractivity contribution in [2.45, 2.75) is 38.1 Å². The molecule has 2 aliphatic heterocycles. The Morgan fingerprint density at radius 2 is 1.91 bits per heavy atom. The molecule has 5 N–H and O–H groups in total. The number of anilines is 3. The van der Waals surface area contributed by atoms with Crippen molar-refractivity contribution in [3.05, 3.63) is 42.2 Å². The zero-order valence-corrected chi connectivity index (χ0v) is 19.6. The van der Waals surface area contributed by atoms with Crippen LogP contribution in [0.3, 0.4) is 0 Å². The van der Waals surface area contributed by atoms with Gasteiger partial charge in [-0.3, -0.25) is 10.4 Å². The van der Waals surface area contributed by atoms with Crippen molar-refractivity contribution in [2.24, 2.45) is 5.73 Å². The van der Waals surface area contributed by atoms with Crippen LogP contribution in [0.4, 0.5) is 22.2 Å². The van der Waals surface area contributed by atoms with Gasteiger partial charge < -0.3 is 26.2 Å². The largest absolute Gasteiger partial charge is 0.382 e. The highest BCUT2D eigenvalue weighted by molar-refractivity contribution is 5.98. The number of carbonyl (C=O) groups is 1. The van der Waals surface area contributed by atoms with Gasteiger partial charge in [-0.2, -0.15) is 4.98 Å². The summed E-state index contributed by atoms with van der Waals surface area (Å²) in [7, 11) is 0. The maximum atomic E-state index is 12.7. The van der Waals surface area contributed by atoms with Gasteiger partial charge in [0.15, 0.2) is 11.5 Å². The first-order chi connectivity index (χ1) is 17.1. The highest BCUT2D eigenvalue weighted by Gasteiger charge is 2.26. The molecule has 2 aliphatic rings. The van der Waals surface area contributed by atoms with Crippen molar-refractivity contribution < 1.29 is 4.79 Å². The minimum absolute atomic E-state index is 0.00804. The Kier molecular flexibility index (Phi) is 6.55. The molecule has 1 aromatic carbocycles. The zero-order valence-electron chi connectivity index (χ0n) is 19.6. The lowest BCUT2D eigenvalue weighted by Gasteiger charge is -2.35. The van der Waals surface area contributed by atoms with Gasteiger partial charge in [0.25, 0.3) is 0 Å². The van der Waals surface area contributed by atoms with E-state index in [9.17, 15) is 4.79 Å². The summed E-state index contributed by atoms with van der Waals surface area (Å²) in [6.07, 6.45) is 6.83. The van der Waals surface area contributed by atoms with Gasteiger partial charge in [0, 0.05) is 37.6 Å². The third-order valence-corrected chi connectivity index (χ3v) is 6.46. The van der Waals surface area contributed by atoms with E-state index < -0.39 is 0 Å². The van der Waals surface area contributed by atoms with E-state index in [1.807, 2.05) is 40.1 Å². The second-order valence-corrected chi connectivity index (χ2v) is 9.05. The number of benzene rings is 1. The standard InChI is InChI=1S/C24H30N10O/c25-21(26)20-22(28-18-13-16-7-2-3-9-19(16)27-14-18)30-23(32-31-20)34-12-6-8-17(15-34)29-24(35)33-10-4-1-5-11-33/h2-3,7,9,13-14,17H,1,4-6,8,10-12,15H2,(H3,25,26)(H,29,35)(H,28,30,32)/t17-/m1/s1. The Hall–Kier alpha value is -4.02. The third kappa shape index (κ3) is 5.23. The second kappa shape index (κ2) is 10.1. The molecule has 0 spiro atoms. The predicted octanol–water partition coefficient (Wildman–Crippen LogP) is 2.61. The molecule has 0 saturated carbocycles. The molecule has 35 heavy (non-hydrogen) atoms. The molecule has 3 aromatic rings. The van der Waals surface area contributed by atoms with E-state index in [2.05, 4.69) is 30.8 Å². The lowest BCUT2D eigenvalue weighted by Crippen LogP contribution is -2.52. The van der Waals surface area contributed by atoms with E-state index in [0.717, 1.165) is 56.2 Å². The van der Waals surface area contributed by atoms with Crippen LogP contribution in [0, 0.1) is 5.41 Å². The van der Waals surface area contributed by atoms with Gasteiger partial charge in [0.1, 0.15) is 5.84 Å². The number of nitrogen functional groups attached to an aromatic ring is 1. The molecule has 0 aliphatic carbocycles. The Balaban J connectivity index is 1.33. The molecule has 1 atom stereocenters. The summed E-state index contributed by atoms with van der Waals surface area (Å²) >= 11 is 0. The summed E-state index contributed by atoms with van der Waals surface area (Å²) in [5, 5.41) is 23.7. The fraction of sp³-hybridized carbons (Fsp3) is 0.417. The first kappa shape index (κ1) is 22.8. The number of hydrogen-bond acceptors (Lipinski definition) is 8. The topological polar surface area (TPSA) is 149 Å². The summed E-state index contributed by atoms with van der Waals surface area (Å²) in [6.45, 7) is 2.99. The van der Waals surface area contributed by atoms with Crippen LogP contribution in [0.15, 0.2) is 36.5 Å². The fourth-order valence-electron chi connectivity index (χ4n) is 4.64. The van der Waals surface area contributed by atoms with Crippen LogP contribution in [-0.2, 0) is 0 Å². The second-order valence-electron chi connectivity index (χ2n) is 9.05. The molecule has 0 unspecified atom stereocenters. The first-order valence-corrected chi connectivity index (χ1v) is 12.1. The van der Waals surface area contributed by atoms with Crippen molar-refractivity contribution in [3.8, 4) is 0 Å². The smallest absolute Gasteiger partial charge is 0.317 e. The number of piperidine rings is 2. The van der Waals surface area contributed by atoms with Crippen molar-refractivity contribution in [3.63, 3.8) is 0 Å². The average molecular weight is 475 g/mol. The minimum Gasteiger partial charge on any atom is -0.382 e. The molecule has 0 radical (unpaired) electrons. The van der Waals surface area contributed by atoms with Crippen LogP contribution in [0.2, 0.25) is 0 Å². The molecule has 2 aromatic heterocycles. The quantitative estimate of drug-likeness (QED) is 0.326. The summed E-state index contributed by atoms with van der Waals surface area (Å²) in [6, 6.07) is 9.80. The lowest BCUT2D eigenvalue weighted by atomic mass is 10.1. The maximum absolute atomic E-state index is 12.7. The number of amidine groups is 1. The van der Waals surface area contributed by atoms with Crippen LogP contribution in [0.5, 0.6) is 0 Å². The number of nitrogens with two attached hydrogens (primary N) is 1. The normalized spacial score (nSPS) is 18.3. The average Bonchev–Trinajstić information content (AvgIpc) is 2.89. The van der Waals surface area contributed by atoms with Gasteiger partial charge >= 0.3 is 6.03 Å². The van der Waals surface area contributed by atoms with E-state index >= 15 is 0 Å². The minimum atomic E-state index is -0.224. The van der Waals surface area contributed by atoms with E-state index in [-0.39, 0.29) is 23.6 Å². The number of aromatic nitrogens is 4. The van der Waals surface area contributed by atoms with Gasteiger partial charge in [-0.1, -0.05) is 18.2 Å². The number of amides is 2. The number of rotatable bonds is 5. The van der Waals surface area contributed by atoms with Gasteiger partial charge in [0.05, 0.1) is 17.4 Å². The number of fused-ring (bicyclic) bond motifs is 1. The molecule has 2 saturated heterocycles. The predicted molar refractivity (Wildman–Crippen MR) is 135 cm³/mol. The Morgan fingerprint density at radius 3 is 2.74 bits per heavy atom. The number of nitrogens with one attached hydrogen (secondary N) is 3. The van der Waals surface area contributed by atoms with Crippen LogP contribution in [-0.4, -0.2) is 69.2 Å². The maximum Gasteiger partial charge on any atom is 0.317 e. The molecule has 182 valence electrons. The van der Waals surface area contributed by atoms with E-state index in [1.54, 1.807) is 6.20 Å². The number of urea groups is 1. The van der Waals surface area contributed by atoms with E-state index in [4.69, 9.17) is 11.1 Å². The first-order valence-electron chi connectivity index (χ1n) is 12.1. The molecule has 0 bridgehead atoms. The summed E-state index contributed by atoms with van der Waals surface area (Å²) in [5.41, 5.74) is 7.53. The Labute approximate surface area is 203 Å². The highest BCUT2D eigenvalue weighted by Crippen LogP contribution is 2.23. The monoisotopic (exact) mass is 474 g/mol. The molecule has 2 fully saturated rings. The number of nitrogens with zero attached hydrogens (tertiary/aromatic N) is 6. The number of carbonyl (C=O) groups excluding carboxylic acids is 1. The lowest BCUT2D eigenvalue weighted by molar-refractivity contribution is 0.181. The SMILES string of the molecule is N=C(N)c1nnc(N2CCC[C@@H](NC(=O)N3CCCCC3)C2)nc1Nc1cnc2ccccc2c1. The third-order valence-electron chi connectivity index (χ3n) is 6.46. The van der Waals surface area contributed by atoms with E-state index in [1.165, 1.54) is 6.42 Å². The molecular formula is C24H30N10O. The molecule has 5 rings (SSSR count). The number of likely N-dealkylation sites (tertiary alicyclic amines) is 1. The van der Waals surface area contributed by atoms with Crippen molar-refractivity contribution >= 4 is 40.2 Å². The van der Waals surface area contributed by atoms with Gasteiger partial charge in [-0.25, -0.2) is 4.79 Å². The van der Waals surface area contributed by atoms with E-state index in [0.29, 0.717) is 24.0 Å². The van der Waals surface area contributed by atoms with Crippen LogP contribution < -0.4 is 21.3 Å². The number of hydrogen-bond donors (Lipinski definition) is 4. The van der Waals surface area contributed by atoms with Gasteiger partial charge in [-0.15, -0.1) is 10.2 Å². The van der Waals surface area contributed by atoms with Crippen molar-refractivity contribution in [1.29, 1.82) is 5.41 Å². The Morgan fingerprint density at radius 1 is 1.09 bits per heavy atom.